The Morgan fingerprint density at radius 1 is 1.25 bits per heavy atom. The minimum atomic E-state index is -3.53. The van der Waals surface area contributed by atoms with Crippen molar-refractivity contribution in [3.63, 3.8) is 0 Å². The molecule has 0 amide bonds. The summed E-state index contributed by atoms with van der Waals surface area (Å²) in [6, 6.07) is 0. The number of hydrogen-bond donors (Lipinski definition) is 1. The van der Waals surface area contributed by atoms with E-state index in [1.165, 1.54) is 6.42 Å². The first kappa shape index (κ1) is 17.8. The Morgan fingerprint density at radius 3 is 2.67 bits per heavy atom. The van der Waals surface area contributed by atoms with Crippen molar-refractivity contribution < 1.29 is 12.9 Å². The molecule has 7 nitrogen and oxygen atoms in total. The van der Waals surface area contributed by atoms with Gasteiger partial charge in [0.25, 0.3) is 0 Å². The van der Waals surface area contributed by atoms with Gasteiger partial charge in [-0.05, 0) is 45.2 Å². The highest BCUT2D eigenvalue weighted by Crippen LogP contribution is 2.27. The van der Waals surface area contributed by atoms with Crippen molar-refractivity contribution in [2.45, 2.75) is 38.5 Å². The quantitative estimate of drug-likeness (QED) is 0.867. The van der Waals surface area contributed by atoms with E-state index in [0.717, 1.165) is 39.1 Å². The van der Waals surface area contributed by atoms with Crippen LogP contribution >= 0.6 is 0 Å². The SMILES string of the molecule is Cc1noc(C)c1S(=O)(=O)N1CCCN(CC2(C)CCNC2)CC1. The molecule has 0 saturated carbocycles. The van der Waals surface area contributed by atoms with Crippen LogP contribution in [0.15, 0.2) is 9.42 Å². The van der Waals surface area contributed by atoms with Crippen molar-refractivity contribution in [3.8, 4) is 0 Å². The molecule has 1 aromatic rings. The number of nitrogens with one attached hydrogen (secondary N) is 1. The Hall–Kier alpha value is -0.960. The van der Waals surface area contributed by atoms with Crippen molar-refractivity contribution in [2.24, 2.45) is 5.41 Å². The lowest BCUT2D eigenvalue weighted by Crippen LogP contribution is -2.40. The fraction of sp³-hybridized carbons (Fsp3) is 0.812. The van der Waals surface area contributed by atoms with Crippen LogP contribution in [-0.2, 0) is 10.0 Å². The third-order valence-corrected chi connectivity index (χ3v) is 7.32. The zero-order valence-corrected chi connectivity index (χ0v) is 15.7. The molecule has 0 spiro atoms. The number of hydrogen-bond acceptors (Lipinski definition) is 6. The average Bonchev–Trinajstić information content (AvgIpc) is 2.99. The molecular formula is C16H28N4O3S. The van der Waals surface area contributed by atoms with Gasteiger partial charge < -0.3 is 14.7 Å². The first-order chi connectivity index (χ1) is 11.3. The highest BCUT2D eigenvalue weighted by Gasteiger charge is 2.34. The molecule has 1 N–H and O–H groups in total. The van der Waals surface area contributed by atoms with E-state index in [1.54, 1.807) is 18.2 Å². The molecule has 2 aliphatic heterocycles. The second-order valence-electron chi connectivity index (χ2n) is 7.42. The molecule has 2 saturated heterocycles. The average molecular weight is 356 g/mol. The second-order valence-corrected chi connectivity index (χ2v) is 9.30. The Bertz CT molecular complexity index is 660. The lowest BCUT2D eigenvalue weighted by Gasteiger charge is -2.31. The van der Waals surface area contributed by atoms with Crippen molar-refractivity contribution >= 4 is 10.0 Å². The Balaban J connectivity index is 1.69. The summed E-state index contributed by atoms with van der Waals surface area (Å²) in [4.78, 5) is 2.65. The van der Waals surface area contributed by atoms with Crippen LogP contribution in [0.1, 0.15) is 31.2 Å². The van der Waals surface area contributed by atoms with Gasteiger partial charge in [-0.25, -0.2) is 8.42 Å². The van der Waals surface area contributed by atoms with Gasteiger partial charge in [0.05, 0.1) is 0 Å². The van der Waals surface area contributed by atoms with E-state index >= 15 is 0 Å². The summed E-state index contributed by atoms with van der Waals surface area (Å²) in [6.07, 6.45) is 2.04. The normalized spacial score (nSPS) is 27.5. The Morgan fingerprint density at radius 2 is 2.04 bits per heavy atom. The van der Waals surface area contributed by atoms with Gasteiger partial charge in [-0.3, -0.25) is 0 Å². The topological polar surface area (TPSA) is 78.7 Å². The third kappa shape index (κ3) is 3.51. The van der Waals surface area contributed by atoms with E-state index in [-0.39, 0.29) is 4.90 Å². The molecule has 2 aliphatic rings. The Kier molecular flexibility index (Phi) is 5.01. The van der Waals surface area contributed by atoms with Gasteiger partial charge in [0.2, 0.25) is 10.0 Å². The molecular weight excluding hydrogens is 328 g/mol. The van der Waals surface area contributed by atoms with E-state index in [1.807, 2.05) is 0 Å². The molecule has 1 atom stereocenters. The lowest BCUT2D eigenvalue weighted by atomic mass is 9.89. The molecule has 24 heavy (non-hydrogen) atoms. The van der Waals surface area contributed by atoms with E-state index in [0.29, 0.717) is 30.0 Å². The lowest BCUT2D eigenvalue weighted by molar-refractivity contribution is 0.184. The van der Waals surface area contributed by atoms with E-state index in [2.05, 4.69) is 22.3 Å². The standard InChI is InChI=1S/C16H28N4O3S/c1-13-15(14(2)23-18-13)24(21,22)20-8-4-7-19(9-10-20)12-16(3)5-6-17-11-16/h17H,4-12H2,1-3H3. The van der Waals surface area contributed by atoms with Crippen LogP contribution in [-0.4, -0.2) is 68.6 Å². The second kappa shape index (κ2) is 6.74. The molecule has 0 bridgehead atoms. The number of rotatable bonds is 4. The molecule has 136 valence electrons. The minimum Gasteiger partial charge on any atom is -0.360 e. The molecule has 0 radical (unpaired) electrons. The monoisotopic (exact) mass is 356 g/mol. The summed E-state index contributed by atoms with van der Waals surface area (Å²) in [5.41, 5.74) is 0.744. The smallest absolute Gasteiger partial charge is 0.248 e. The van der Waals surface area contributed by atoms with Crippen LogP contribution in [0.3, 0.4) is 0 Å². The minimum absolute atomic E-state index is 0.239. The van der Waals surface area contributed by atoms with Crippen molar-refractivity contribution in [2.75, 3.05) is 45.8 Å². The summed E-state index contributed by atoms with van der Waals surface area (Å²) < 4.78 is 32.6. The third-order valence-electron chi connectivity index (χ3n) is 5.18. The van der Waals surface area contributed by atoms with Gasteiger partial charge in [0.1, 0.15) is 10.6 Å². The molecule has 8 heteroatoms. The van der Waals surface area contributed by atoms with E-state index in [4.69, 9.17) is 4.52 Å². The van der Waals surface area contributed by atoms with Gasteiger partial charge in [-0.1, -0.05) is 12.1 Å². The van der Waals surface area contributed by atoms with Gasteiger partial charge in [0, 0.05) is 32.7 Å². The largest absolute Gasteiger partial charge is 0.360 e. The van der Waals surface area contributed by atoms with Crippen molar-refractivity contribution in [3.05, 3.63) is 11.5 Å². The number of sulfonamides is 1. The number of aromatic nitrogens is 1. The molecule has 3 heterocycles. The van der Waals surface area contributed by atoms with Crippen LogP contribution < -0.4 is 5.32 Å². The highest BCUT2D eigenvalue weighted by molar-refractivity contribution is 7.89. The summed E-state index contributed by atoms with van der Waals surface area (Å²) in [5.74, 6) is 0.373. The molecule has 0 aliphatic carbocycles. The summed E-state index contributed by atoms with van der Waals surface area (Å²) in [5, 5.41) is 7.23. The van der Waals surface area contributed by atoms with Crippen LogP contribution in [0.5, 0.6) is 0 Å². The molecule has 1 unspecified atom stereocenters. The van der Waals surface area contributed by atoms with Gasteiger partial charge in [-0.15, -0.1) is 0 Å². The Labute approximate surface area is 144 Å². The molecule has 0 aromatic carbocycles. The van der Waals surface area contributed by atoms with Gasteiger partial charge in [0.15, 0.2) is 5.76 Å². The fourth-order valence-electron chi connectivity index (χ4n) is 3.86. The van der Waals surface area contributed by atoms with Crippen LogP contribution in [0, 0.1) is 19.3 Å². The van der Waals surface area contributed by atoms with Crippen LogP contribution in [0.25, 0.3) is 0 Å². The van der Waals surface area contributed by atoms with E-state index < -0.39 is 10.0 Å². The van der Waals surface area contributed by atoms with Crippen LogP contribution in [0.4, 0.5) is 0 Å². The maximum Gasteiger partial charge on any atom is 0.248 e. The highest BCUT2D eigenvalue weighted by atomic mass is 32.2. The summed E-state index contributed by atoms with van der Waals surface area (Å²) >= 11 is 0. The molecule has 1 aromatic heterocycles. The number of nitrogens with zero attached hydrogens (tertiary/aromatic N) is 3. The van der Waals surface area contributed by atoms with Gasteiger partial charge in [-0.2, -0.15) is 4.31 Å². The molecule has 3 rings (SSSR count). The van der Waals surface area contributed by atoms with Crippen LogP contribution in [0.2, 0.25) is 0 Å². The van der Waals surface area contributed by atoms with Crippen molar-refractivity contribution in [1.82, 2.24) is 19.7 Å². The fourth-order valence-corrected chi connectivity index (χ4v) is 5.62. The van der Waals surface area contributed by atoms with Crippen molar-refractivity contribution in [1.29, 1.82) is 0 Å². The number of aryl methyl sites for hydroxylation is 2. The zero-order chi connectivity index (χ0) is 17.4. The first-order valence-corrected chi connectivity index (χ1v) is 10.1. The predicted molar refractivity (Wildman–Crippen MR) is 91.4 cm³/mol. The van der Waals surface area contributed by atoms with Gasteiger partial charge >= 0.3 is 0 Å². The van der Waals surface area contributed by atoms with E-state index in [9.17, 15) is 8.42 Å². The summed E-state index contributed by atoms with van der Waals surface area (Å²) in [7, 11) is -3.53. The zero-order valence-electron chi connectivity index (χ0n) is 14.8. The maximum absolute atomic E-state index is 13.0. The molecule has 2 fully saturated rings. The maximum atomic E-state index is 13.0. The summed E-state index contributed by atoms with van der Waals surface area (Å²) in [6.45, 7) is 11.6. The first-order valence-electron chi connectivity index (χ1n) is 8.68. The predicted octanol–water partition coefficient (Wildman–Crippen LogP) is 0.987.